The van der Waals surface area contributed by atoms with Crippen LogP contribution in [0.2, 0.25) is 10.0 Å². The van der Waals surface area contributed by atoms with Gasteiger partial charge in [0.1, 0.15) is 0 Å². The molecule has 0 aromatic heterocycles. The predicted octanol–water partition coefficient (Wildman–Crippen LogP) is 4.78. The van der Waals surface area contributed by atoms with E-state index in [1.807, 2.05) is 12.1 Å². The highest BCUT2D eigenvalue weighted by atomic mass is 35.5. The molecule has 2 aliphatic rings. The first kappa shape index (κ1) is 24.6. The molecule has 0 saturated carbocycles. The quantitative estimate of drug-likeness (QED) is 0.637. The van der Waals surface area contributed by atoms with Crippen molar-refractivity contribution in [2.24, 2.45) is 0 Å². The molecule has 2 aromatic rings. The number of benzene rings is 2. The van der Waals surface area contributed by atoms with Crippen molar-refractivity contribution in [1.29, 1.82) is 0 Å². The molecule has 1 atom stereocenters. The highest BCUT2D eigenvalue weighted by Gasteiger charge is 2.34. The Labute approximate surface area is 203 Å². The number of rotatable bonds is 5. The van der Waals surface area contributed by atoms with Crippen molar-refractivity contribution < 1.29 is 13.2 Å². The van der Waals surface area contributed by atoms with Gasteiger partial charge in [-0.1, -0.05) is 29.3 Å². The Morgan fingerprint density at radius 1 is 0.970 bits per heavy atom. The average molecular weight is 501 g/mol. The number of hydrogen-bond acceptors (Lipinski definition) is 4. The molecule has 2 heterocycles. The molecule has 9 heteroatoms. The fourth-order valence-corrected chi connectivity index (χ4v) is 4.94. The number of nitrogens with one attached hydrogen (secondary N) is 1. The zero-order valence-electron chi connectivity index (χ0n) is 18.6. The van der Waals surface area contributed by atoms with Crippen molar-refractivity contribution in [3.63, 3.8) is 0 Å². The van der Waals surface area contributed by atoms with Crippen LogP contribution >= 0.6 is 23.2 Å². The lowest BCUT2D eigenvalue weighted by atomic mass is 10.0. The van der Waals surface area contributed by atoms with E-state index in [4.69, 9.17) is 23.2 Å². The van der Waals surface area contributed by atoms with Crippen LogP contribution in [-0.2, 0) is 19.1 Å². The van der Waals surface area contributed by atoms with Crippen LogP contribution < -0.4 is 10.2 Å². The molecular weight excluding hydrogens is 472 g/mol. The number of piperazine rings is 2. The molecule has 0 amide bonds. The molecule has 33 heavy (non-hydrogen) atoms. The normalized spacial score (nSPS) is 20.9. The average Bonchev–Trinajstić information content (AvgIpc) is 2.76. The van der Waals surface area contributed by atoms with E-state index in [0.717, 1.165) is 50.4 Å². The first-order valence-corrected chi connectivity index (χ1v) is 12.0. The molecule has 4 rings (SSSR count). The van der Waals surface area contributed by atoms with Crippen LogP contribution in [-0.4, -0.2) is 68.7 Å². The monoisotopic (exact) mass is 500 g/mol. The van der Waals surface area contributed by atoms with Crippen LogP contribution in [0.5, 0.6) is 0 Å². The summed E-state index contributed by atoms with van der Waals surface area (Å²) in [6.45, 7) is 5.82. The summed E-state index contributed by atoms with van der Waals surface area (Å²) in [6.07, 6.45) is -3.63. The second kappa shape index (κ2) is 10.4. The maximum absolute atomic E-state index is 13.8. The second-order valence-electron chi connectivity index (χ2n) is 8.97. The van der Waals surface area contributed by atoms with Crippen LogP contribution in [0, 0.1) is 0 Å². The molecule has 4 nitrogen and oxygen atoms in total. The third-order valence-electron chi connectivity index (χ3n) is 6.46. The van der Waals surface area contributed by atoms with Gasteiger partial charge in [0.25, 0.3) is 0 Å². The van der Waals surface area contributed by atoms with Gasteiger partial charge in [0.05, 0.1) is 15.6 Å². The van der Waals surface area contributed by atoms with Gasteiger partial charge in [-0.3, -0.25) is 4.90 Å². The molecule has 1 unspecified atom stereocenters. The third kappa shape index (κ3) is 6.34. The van der Waals surface area contributed by atoms with Crippen LogP contribution in [0.4, 0.5) is 18.9 Å². The van der Waals surface area contributed by atoms with E-state index in [1.54, 1.807) is 18.2 Å². The van der Waals surface area contributed by atoms with Crippen LogP contribution in [0.3, 0.4) is 0 Å². The van der Waals surface area contributed by atoms with Gasteiger partial charge < -0.3 is 15.1 Å². The number of halogens is 5. The summed E-state index contributed by atoms with van der Waals surface area (Å²) >= 11 is 12.1. The Balaban J connectivity index is 1.48. The lowest BCUT2D eigenvalue weighted by Gasteiger charge is -2.36. The second-order valence-corrected chi connectivity index (χ2v) is 9.78. The Kier molecular flexibility index (Phi) is 7.76. The van der Waals surface area contributed by atoms with E-state index in [1.165, 1.54) is 6.07 Å². The van der Waals surface area contributed by atoms with Crippen molar-refractivity contribution in [2.45, 2.75) is 25.2 Å². The van der Waals surface area contributed by atoms with Gasteiger partial charge in [0.15, 0.2) is 0 Å². The van der Waals surface area contributed by atoms with Gasteiger partial charge in [0.2, 0.25) is 0 Å². The Bertz CT molecular complexity index is 961. The van der Waals surface area contributed by atoms with Crippen molar-refractivity contribution >= 4 is 28.9 Å². The van der Waals surface area contributed by atoms with Gasteiger partial charge in [0, 0.05) is 64.1 Å². The van der Waals surface area contributed by atoms with Crippen molar-refractivity contribution in [1.82, 2.24) is 15.1 Å². The molecule has 0 aliphatic carbocycles. The van der Waals surface area contributed by atoms with E-state index >= 15 is 0 Å². The van der Waals surface area contributed by atoms with E-state index in [9.17, 15) is 13.2 Å². The molecule has 0 bridgehead atoms. The summed E-state index contributed by atoms with van der Waals surface area (Å²) < 4.78 is 41.4. The number of likely N-dealkylation sites (N-methyl/N-ethyl adjacent to an activating group) is 1. The summed E-state index contributed by atoms with van der Waals surface area (Å²) in [7, 11) is 2.06. The van der Waals surface area contributed by atoms with Crippen molar-refractivity contribution in [3.05, 3.63) is 63.1 Å². The van der Waals surface area contributed by atoms with Gasteiger partial charge >= 0.3 is 6.18 Å². The topological polar surface area (TPSA) is 21.8 Å². The molecule has 2 saturated heterocycles. The molecular formula is C24H29Cl2F3N4. The van der Waals surface area contributed by atoms with E-state index in [-0.39, 0.29) is 12.6 Å². The highest BCUT2D eigenvalue weighted by molar-refractivity contribution is 6.42. The smallest absolute Gasteiger partial charge is 0.369 e. The highest BCUT2D eigenvalue weighted by Crippen LogP contribution is 2.35. The van der Waals surface area contributed by atoms with Crippen LogP contribution in [0.15, 0.2) is 36.4 Å². The standard InChI is InChI=1S/C24H29Cl2F3N4/c1-31-8-10-33(11-9-31)20-3-4-21(24(27,28)29)18(14-20)15-32-7-6-30-19(16-32)12-17-2-5-22(25)23(26)13-17/h2-5,13-14,19,30H,6-12,15-16H2,1H3. The number of nitrogens with zero attached hydrogens (tertiary/aromatic N) is 3. The Morgan fingerprint density at radius 2 is 1.73 bits per heavy atom. The predicted molar refractivity (Wildman–Crippen MR) is 128 cm³/mol. The zero-order valence-corrected chi connectivity index (χ0v) is 20.1. The van der Waals surface area contributed by atoms with Crippen LogP contribution in [0.25, 0.3) is 0 Å². The first-order valence-electron chi connectivity index (χ1n) is 11.2. The summed E-state index contributed by atoms with van der Waals surface area (Å²) in [4.78, 5) is 6.52. The van der Waals surface area contributed by atoms with Gasteiger partial charge in [-0.05, 0) is 54.9 Å². The SMILES string of the molecule is CN1CCN(c2ccc(C(F)(F)F)c(CN3CCNC(Cc4ccc(Cl)c(Cl)c4)C3)c2)CC1. The van der Waals surface area contributed by atoms with E-state index in [0.29, 0.717) is 28.7 Å². The summed E-state index contributed by atoms with van der Waals surface area (Å²) in [5.41, 5.74) is 1.72. The van der Waals surface area contributed by atoms with Gasteiger partial charge in [-0.25, -0.2) is 0 Å². The summed E-state index contributed by atoms with van der Waals surface area (Å²) in [5, 5.41) is 4.50. The lowest BCUT2D eigenvalue weighted by Crippen LogP contribution is -2.51. The van der Waals surface area contributed by atoms with E-state index in [2.05, 4.69) is 27.1 Å². The number of anilines is 1. The minimum absolute atomic E-state index is 0.131. The number of hydrogen-bond donors (Lipinski definition) is 1. The Morgan fingerprint density at radius 3 is 2.42 bits per heavy atom. The van der Waals surface area contributed by atoms with Crippen molar-refractivity contribution in [3.8, 4) is 0 Å². The third-order valence-corrected chi connectivity index (χ3v) is 7.20. The van der Waals surface area contributed by atoms with E-state index < -0.39 is 11.7 Å². The van der Waals surface area contributed by atoms with Crippen LogP contribution in [0.1, 0.15) is 16.7 Å². The fourth-order valence-electron chi connectivity index (χ4n) is 4.62. The minimum Gasteiger partial charge on any atom is -0.369 e. The molecule has 2 aliphatic heterocycles. The summed E-state index contributed by atoms with van der Waals surface area (Å²) in [6, 6.07) is 10.3. The molecule has 2 fully saturated rings. The minimum atomic E-state index is -4.37. The lowest BCUT2D eigenvalue weighted by molar-refractivity contribution is -0.138. The maximum Gasteiger partial charge on any atom is 0.416 e. The fraction of sp³-hybridized carbons (Fsp3) is 0.500. The summed E-state index contributed by atoms with van der Waals surface area (Å²) in [5.74, 6) is 0. The molecule has 0 radical (unpaired) electrons. The molecule has 180 valence electrons. The largest absolute Gasteiger partial charge is 0.416 e. The zero-order chi connectivity index (χ0) is 23.6. The first-order chi connectivity index (χ1) is 15.7. The van der Waals surface area contributed by atoms with Gasteiger partial charge in [-0.2, -0.15) is 13.2 Å². The Hall–Kier alpha value is -1.51. The molecule has 0 spiro atoms. The van der Waals surface area contributed by atoms with Gasteiger partial charge in [-0.15, -0.1) is 0 Å². The maximum atomic E-state index is 13.8. The van der Waals surface area contributed by atoms with Crippen molar-refractivity contribution in [2.75, 3.05) is 57.8 Å². The number of alkyl halides is 3. The molecule has 2 aromatic carbocycles. The molecule has 1 N–H and O–H groups in total.